The number of pyridine rings is 1. The van der Waals surface area contributed by atoms with Crippen molar-refractivity contribution in [1.29, 1.82) is 0 Å². The van der Waals surface area contributed by atoms with E-state index < -0.39 is 0 Å². The first-order chi connectivity index (χ1) is 10.2. The van der Waals surface area contributed by atoms with E-state index in [1.54, 1.807) is 28.6 Å². The lowest BCUT2D eigenvalue weighted by atomic mass is 10.1. The van der Waals surface area contributed by atoms with Crippen molar-refractivity contribution >= 4 is 27.3 Å². The second kappa shape index (κ2) is 5.66. The Morgan fingerprint density at radius 1 is 1.19 bits per heavy atom. The molecule has 21 heavy (non-hydrogen) atoms. The highest BCUT2D eigenvalue weighted by Crippen LogP contribution is 2.28. The zero-order valence-electron chi connectivity index (χ0n) is 12.0. The summed E-state index contributed by atoms with van der Waals surface area (Å²) in [6.07, 6.45) is 3.51. The number of amides is 1. The molecule has 0 saturated heterocycles. The van der Waals surface area contributed by atoms with Crippen LogP contribution in [0.2, 0.25) is 0 Å². The van der Waals surface area contributed by atoms with Crippen LogP contribution in [-0.2, 0) is 0 Å². The standard InChI is InChI=1S/C17H16N2OS/c1-12(13-7-9-18-10-8-13)19(2)17(20)16-11-14-5-3-4-6-15(14)21-16/h3-12H,1-2H3/t12-/m0/s1. The van der Waals surface area contributed by atoms with E-state index in [4.69, 9.17) is 0 Å². The molecule has 1 atom stereocenters. The summed E-state index contributed by atoms with van der Waals surface area (Å²) in [6, 6.07) is 13.9. The normalized spacial score (nSPS) is 12.3. The number of nitrogens with zero attached hydrogens (tertiary/aromatic N) is 2. The van der Waals surface area contributed by atoms with Gasteiger partial charge in [0.1, 0.15) is 0 Å². The van der Waals surface area contributed by atoms with Gasteiger partial charge < -0.3 is 4.90 Å². The van der Waals surface area contributed by atoms with Crippen LogP contribution in [0.15, 0.2) is 54.9 Å². The molecule has 1 amide bonds. The van der Waals surface area contributed by atoms with Crippen molar-refractivity contribution in [3.8, 4) is 0 Å². The minimum atomic E-state index is 0.0192. The van der Waals surface area contributed by atoms with Gasteiger partial charge in [0.25, 0.3) is 5.91 Å². The van der Waals surface area contributed by atoms with E-state index in [9.17, 15) is 4.79 Å². The summed E-state index contributed by atoms with van der Waals surface area (Å²) < 4.78 is 1.14. The average molecular weight is 296 g/mol. The van der Waals surface area contributed by atoms with Gasteiger partial charge in [-0.25, -0.2) is 0 Å². The highest BCUT2D eigenvalue weighted by Gasteiger charge is 2.20. The molecule has 0 radical (unpaired) electrons. The third-order valence-electron chi connectivity index (χ3n) is 3.73. The van der Waals surface area contributed by atoms with E-state index in [0.717, 1.165) is 20.5 Å². The molecule has 1 aromatic carbocycles. The number of hydrogen-bond donors (Lipinski definition) is 0. The van der Waals surface area contributed by atoms with Gasteiger partial charge in [-0.2, -0.15) is 0 Å². The summed E-state index contributed by atoms with van der Waals surface area (Å²) in [7, 11) is 1.85. The molecule has 0 aliphatic carbocycles. The molecular formula is C17H16N2OS. The highest BCUT2D eigenvalue weighted by molar-refractivity contribution is 7.20. The van der Waals surface area contributed by atoms with Crippen LogP contribution in [0.1, 0.15) is 28.2 Å². The summed E-state index contributed by atoms with van der Waals surface area (Å²) in [4.78, 5) is 19.2. The molecule has 0 bridgehead atoms. The van der Waals surface area contributed by atoms with E-state index in [0.29, 0.717) is 0 Å². The number of aromatic nitrogens is 1. The van der Waals surface area contributed by atoms with Gasteiger partial charge in [0.05, 0.1) is 10.9 Å². The lowest BCUT2D eigenvalue weighted by Crippen LogP contribution is -2.29. The largest absolute Gasteiger partial charge is 0.334 e. The zero-order chi connectivity index (χ0) is 14.8. The molecule has 2 heterocycles. The number of benzene rings is 1. The van der Waals surface area contributed by atoms with Crippen LogP contribution in [0.25, 0.3) is 10.1 Å². The number of rotatable bonds is 3. The number of hydrogen-bond acceptors (Lipinski definition) is 3. The molecule has 106 valence electrons. The van der Waals surface area contributed by atoms with Crippen LogP contribution >= 0.6 is 11.3 Å². The average Bonchev–Trinajstić information content (AvgIpc) is 2.97. The molecule has 0 N–H and O–H groups in total. The molecule has 0 spiro atoms. The van der Waals surface area contributed by atoms with Crippen LogP contribution in [0, 0.1) is 0 Å². The lowest BCUT2D eigenvalue weighted by Gasteiger charge is -2.24. The second-order valence-corrected chi connectivity index (χ2v) is 6.10. The molecule has 3 nitrogen and oxygen atoms in total. The predicted octanol–water partition coefficient (Wildman–Crippen LogP) is 4.13. The monoisotopic (exact) mass is 296 g/mol. The van der Waals surface area contributed by atoms with Crippen molar-refractivity contribution in [2.45, 2.75) is 13.0 Å². The fourth-order valence-electron chi connectivity index (χ4n) is 2.30. The van der Waals surface area contributed by atoms with Gasteiger partial charge in [0.15, 0.2) is 0 Å². The van der Waals surface area contributed by atoms with E-state index >= 15 is 0 Å². The van der Waals surface area contributed by atoms with Crippen molar-refractivity contribution in [2.24, 2.45) is 0 Å². The van der Waals surface area contributed by atoms with Crippen LogP contribution in [0.4, 0.5) is 0 Å². The van der Waals surface area contributed by atoms with Gasteiger partial charge in [-0.1, -0.05) is 18.2 Å². The molecule has 3 aromatic rings. The molecule has 0 fully saturated rings. The number of thiophene rings is 1. The van der Waals surface area contributed by atoms with Crippen molar-refractivity contribution in [3.63, 3.8) is 0 Å². The molecule has 0 unspecified atom stereocenters. The van der Waals surface area contributed by atoms with Gasteiger partial charge in [0, 0.05) is 24.1 Å². The Morgan fingerprint density at radius 3 is 2.62 bits per heavy atom. The van der Waals surface area contributed by atoms with Gasteiger partial charge >= 0.3 is 0 Å². The van der Waals surface area contributed by atoms with E-state index in [1.165, 1.54) is 0 Å². The van der Waals surface area contributed by atoms with E-state index in [2.05, 4.69) is 4.98 Å². The zero-order valence-corrected chi connectivity index (χ0v) is 12.8. The first-order valence-corrected chi connectivity index (χ1v) is 7.64. The van der Waals surface area contributed by atoms with Crippen molar-refractivity contribution in [1.82, 2.24) is 9.88 Å². The Balaban J connectivity index is 1.87. The molecule has 4 heteroatoms. The minimum Gasteiger partial charge on any atom is -0.334 e. The van der Waals surface area contributed by atoms with Gasteiger partial charge in [-0.15, -0.1) is 11.3 Å². The van der Waals surface area contributed by atoms with Crippen molar-refractivity contribution in [2.75, 3.05) is 7.05 Å². The fraction of sp³-hybridized carbons (Fsp3) is 0.176. The summed E-state index contributed by atoms with van der Waals surface area (Å²) >= 11 is 1.54. The topological polar surface area (TPSA) is 33.2 Å². The maximum atomic E-state index is 12.6. The lowest BCUT2D eigenvalue weighted by molar-refractivity contribution is 0.0747. The van der Waals surface area contributed by atoms with E-state index in [-0.39, 0.29) is 11.9 Å². The summed E-state index contributed by atoms with van der Waals surface area (Å²) in [5, 5.41) is 1.12. The SMILES string of the molecule is C[C@@H](c1ccncc1)N(C)C(=O)c1cc2ccccc2s1. The Hall–Kier alpha value is -2.20. The number of fused-ring (bicyclic) bond motifs is 1. The Bertz CT molecular complexity index is 734. The molecule has 0 saturated carbocycles. The summed E-state index contributed by atoms with van der Waals surface area (Å²) in [5.74, 6) is 0.0560. The maximum Gasteiger partial charge on any atom is 0.264 e. The first-order valence-electron chi connectivity index (χ1n) is 6.82. The Morgan fingerprint density at radius 2 is 1.90 bits per heavy atom. The highest BCUT2D eigenvalue weighted by atomic mass is 32.1. The van der Waals surface area contributed by atoms with Gasteiger partial charge in [-0.05, 0) is 42.1 Å². The molecule has 0 aliphatic rings. The first kappa shape index (κ1) is 13.8. The minimum absolute atomic E-state index is 0.0192. The Kier molecular flexibility index (Phi) is 3.71. The number of carbonyl (C=O) groups excluding carboxylic acids is 1. The number of carbonyl (C=O) groups is 1. The quantitative estimate of drug-likeness (QED) is 0.728. The van der Waals surface area contributed by atoms with Crippen LogP contribution < -0.4 is 0 Å². The van der Waals surface area contributed by atoms with Crippen molar-refractivity contribution in [3.05, 3.63) is 65.3 Å². The molecule has 0 aliphatic heterocycles. The molecule has 2 aromatic heterocycles. The van der Waals surface area contributed by atoms with Crippen LogP contribution in [0.5, 0.6) is 0 Å². The third kappa shape index (κ3) is 2.67. The van der Waals surface area contributed by atoms with Crippen molar-refractivity contribution < 1.29 is 4.79 Å². The summed E-state index contributed by atoms with van der Waals surface area (Å²) in [6.45, 7) is 2.03. The van der Waals surface area contributed by atoms with E-state index in [1.807, 2.05) is 56.4 Å². The maximum absolute atomic E-state index is 12.6. The predicted molar refractivity (Wildman–Crippen MR) is 86.6 cm³/mol. The smallest absolute Gasteiger partial charge is 0.264 e. The Labute approximate surface area is 127 Å². The van der Waals surface area contributed by atoms with Crippen LogP contribution in [-0.4, -0.2) is 22.8 Å². The second-order valence-electron chi connectivity index (χ2n) is 5.02. The van der Waals surface area contributed by atoms with Crippen LogP contribution in [0.3, 0.4) is 0 Å². The molecule has 3 rings (SSSR count). The summed E-state index contributed by atoms with van der Waals surface area (Å²) in [5.41, 5.74) is 1.09. The fourth-order valence-corrected chi connectivity index (χ4v) is 3.35. The molecular weight excluding hydrogens is 280 g/mol. The van der Waals surface area contributed by atoms with Gasteiger partial charge in [0.2, 0.25) is 0 Å². The van der Waals surface area contributed by atoms with Gasteiger partial charge in [-0.3, -0.25) is 9.78 Å². The third-order valence-corrected chi connectivity index (χ3v) is 4.83.